The van der Waals surface area contributed by atoms with E-state index in [-0.39, 0.29) is 34.1 Å². The number of furan rings is 1. The lowest BCUT2D eigenvalue weighted by atomic mass is 9.87. The van der Waals surface area contributed by atoms with Crippen molar-refractivity contribution in [3.8, 4) is 0 Å². The molecule has 3 aromatic rings. The molecular weight excluding hydrogens is 568 g/mol. The Morgan fingerprint density at radius 2 is 1.56 bits per heavy atom. The van der Waals surface area contributed by atoms with E-state index < -0.39 is 29.5 Å². The summed E-state index contributed by atoms with van der Waals surface area (Å²) in [5.41, 5.74) is 0.750. The fourth-order valence-electron chi connectivity index (χ4n) is 4.82. The molecule has 1 saturated heterocycles. The van der Waals surface area contributed by atoms with Crippen molar-refractivity contribution in [2.75, 3.05) is 36.8 Å². The number of carbonyl (C=O) groups is 3. The minimum atomic E-state index is -4.83. The maximum absolute atomic E-state index is 14.8. The van der Waals surface area contributed by atoms with Crippen LogP contribution in [0.1, 0.15) is 65.0 Å². The highest BCUT2D eigenvalue weighted by Gasteiger charge is 2.38. The number of anilines is 2. The quantitative estimate of drug-likeness (QED) is 0.225. The van der Waals surface area contributed by atoms with Gasteiger partial charge in [0, 0.05) is 56.3 Å². The number of ketones is 1. The normalized spacial score (nSPS) is 14.5. The van der Waals surface area contributed by atoms with Gasteiger partial charge in [0.05, 0.1) is 11.4 Å². The molecular formula is C31H34F4N4O4. The molecule has 0 aliphatic carbocycles. The van der Waals surface area contributed by atoms with Crippen LogP contribution < -0.4 is 10.6 Å². The molecule has 0 saturated carbocycles. The summed E-state index contributed by atoms with van der Waals surface area (Å²) in [6.45, 7) is 9.99. The molecule has 8 nitrogen and oxygen atoms in total. The Kier molecular flexibility index (Phi) is 9.29. The Hall–Kier alpha value is -4.19. The molecule has 0 radical (unpaired) electrons. The van der Waals surface area contributed by atoms with Crippen LogP contribution in [0.3, 0.4) is 0 Å². The van der Waals surface area contributed by atoms with Gasteiger partial charge in [-0.1, -0.05) is 39.0 Å². The molecule has 1 aromatic heterocycles. The zero-order chi connectivity index (χ0) is 31.5. The number of urea groups is 1. The highest BCUT2D eigenvalue weighted by molar-refractivity contribution is 6.01. The van der Waals surface area contributed by atoms with Gasteiger partial charge in [0.15, 0.2) is 5.78 Å². The Balaban J connectivity index is 1.31. The second-order valence-corrected chi connectivity index (χ2v) is 11.8. The summed E-state index contributed by atoms with van der Waals surface area (Å²) in [5.74, 6) is -2.63. The summed E-state index contributed by atoms with van der Waals surface area (Å²) >= 11 is 0. The summed E-state index contributed by atoms with van der Waals surface area (Å²) in [6, 6.07) is 11.0. The molecule has 0 spiro atoms. The van der Waals surface area contributed by atoms with Gasteiger partial charge in [0.1, 0.15) is 11.6 Å². The Bertz CT molecular complexity index is 1500. The minimum Gasteiger partial charge on any atom is -0.455 e. The highest BCUT2D eigenvalue weighted by Crippen LogP contribution is 2.37. The molecule has 1 aliphatic rings. The standard InChI is InChI=1S/C31H34F4N4O4/c1-19-14-25(27(43-19)31(33,34)35)37-29(42)36-24-9-8-22(16-23(24)32)28(41)39-12-10-38(11-13-39)18-20-6-5-7-21(15-20)26(40)17-30(2,3)4/h5-9,14-16H,10-13,17-18H2,1-4H3,(H2,36,37,42). The van der Waals surface area contributed by atoms with Gasteiger partial charge in [-0.25, -0.2) is 9.18 Å². The number of alkyl halides is 3. The van der Waals surface area contributed by atoms with Crippen LogP contribution in [0, 0.1) is 18.2 Å². The Morgan fingerprint density at radius 3 is 2.19 bits per heavy atom. The van der Waals surface area contributed by atoms with Crippen molar-refractivity contribution in [2.24, 2.45) is 5.41 Å². The van der Waals surface area contributed by atoms with E-state index in [4.69, 9.17) is 0 Å². The third kappa shape index (κ3) is 8.44. The third-order valence-corrected chi connectivity index (χ3v) is 6.83. The molecule has 0 atom stereocenters. The van der Waals surface area contributed by atoms with E-state index in [1.165, 1.54) is 19.1 Å². The van der Waals surface area contributed by atoms with Crippen molar-refractivity contribution < 1.29 is 36.4 Å². The first-order valence-electron chi connectivity index (χ1n) is 13.8. The van der Waals surface area contributed by atoms with Crippen molar-refractivity contribution in [2.45, 2.75) is 46.8 Å². The van der Waals surface area contributed by atoms with Crippen LogP contribution in [-0.2, 0) is 12.7 Å². The molecule has 1 aliphatic heterocycles. The zero-order valence-corrected chi connectivity index (χ0v) is 24.4. The number of nitrogens with one attached hydrogen (secondary N) is 2. The first-order valence-corrected chi connectivity index (χ1v) is 13.8. The minimum absolute atomic E-state index is 0.0604. The van der Waals surface area contributed by atoms with Gasteiger partial charge in [0.25, 0.3) is 5.91 Å². The number of aryl methyl sites for hydroxylation is 1. The third-order valence-electron chi connectivity index (χ3n) is 6.83. The van der Waals surface area contributed by atoms with Crippen molar-refractivity contribution in [1.29, 1.82) is 0 Å². The molecule has 2 heterocycles. The number of benzene rings is 2. The van der Waals surface area contributed by atoms with Gasteiger partial charge in [0.2, 0.25) is 5.76 Å². The van der Waals surface area contributed by atoms with Crippen molar-refractivity contribution >= 4 is 29.1 Å². The maximum atomic E-state index is 14.8. The first-order chi connectivity index (χ1) is 20.1. The fraction of sp³-hybridized carbons (Fsp3) is 0.387. The molecule has 2 aromatic carbocycles. The average Bonchev–Trinajstić information content (AvgIpc) is 3.29. The number of halogens is 4. The largest absolute Gasteiger partial charge is 0.455 e. The van der Waals surface area contributed by atoms with E-state index in [2.05, 4.69) is 14.6 Å². The number of carbonyl (C=O) groups excluding carboxylic acids is 3. The van der Waals surface area contributed by atoms with Crippen molar-refractivity contribution in [3.05, 3.63) is 82.6 Å². The van der Waals surface area contributed by atoms with Crippen LogP contribution in [0.25, 0.3) is 0 Å². The number of amides is 3. The van der Waals surface area contributed by atoms with Gasteiger partial charge in [-0.3, -0.25) is 14.5 Å². The Labute approximate surface area is 247 Å². The number of hydrogen-bond donors (Lipinski definition) is 2. The summed E-state index contributed by atoms with van der Waals surface area (Å²) in [4.78, 5) is 41.7. The summed E-state index contributed by atoms with van der Waals surface area (Å²) < 4.78 is 58.7. The predicted octanol–water partition coefficient (Wildman–Crippen LogP) is 6.97. The van der Waals surface area contributed by atoms with Gasteiger partial charge in [-0.05, 0) is 42.2 Å². The summed E-state index contributed by atoms with van der Waals surface area (Å²) in [6.07, 6.45) is -4.37. The molecule has 12 heteroatoms. The van der Waals surface area contributed by atoms with E-state index >= 15 is 0 Å². The molecule has 0 bridgehead atoms. The van der Waals surface area contributed by atoms with Crippen LogP contribution in [0.5, 0.6) is 0 Å². The van der Waals surface area contributed by atoms with E-state index in [1.807, 2.05) is 50.4 Å². The number of Topliss-reactive ketones (excluding diaryl/α,β-unsaturated/α-hetero) is 1. The van der Waals surface area contributed by atoms with E-state index in [9.17, 15) is 31.9 Å². The van der Waals surface area contributed by atoms with E-state index in [1.54, 1.807) is 4.90 Å². The molecule has 2 N–H and O–H groups in total. The van der Waals surface area contributed by atoms with Crippen molar-refractivity contribution in [1.82, 2.24) is 9.80 Å². The van der Waals surface area contributed by atoms with Crippen LogP contribution in [-0.4, -0.2) is 53.7 Å². The SMILES string of the molecule is Cc1cc(NC(=O)Nc2ccc(C(=O)N3CCN(Cc4cccc(C(=O)CC(C)(C)C)c4)CC3)cc2F)c(C(F)(F)F)o1. The van der Waals surface area contributed by atoms with Crippen LogP contribution >= 0.6 is 0 Å². The predicted molar refractivity (Wildman–Crippen MR) is 154 cm³/mol. The maximum Gasteiger partial charge on any atom is 0.451 e. The Morgan fingerprint density at radius 1 is 0.884 bits per heavy atom. The smallest absolute Gasteiger partial charge is 0.451 e. The average molecular weight is 603 g/mol. The van der Waals surface area contributed by atoms with Crippen molar-refractivity contribution in [3.63, 3.8) is 0 Å². The molecule has 3 amide bonds. The molecule has 0 unspecified atom stereocenters. The lowest BCUT2D eigenvalue weighted by molar-refractivity contribution is -0.152. The van der Waals surface area contributed by atoms with Gasteiger partial charge in [-0.15, -0.1) is 0 Å². The second-order valence-electron chi connectivity index (χ2n) is 11.8. The first kappa shape index (κ1) is 31.7. The summed E-state index contributed by atoms with van der Waals surface area (Å²) in [5, 5.41) is 4.17. The molecule has 4 rings (SSSR count). The number of hydrogen-bond acceptors (Lipinski definition) is 5. The summed E-state index contributed by atoms with van der Waals surface area (Å²) in [7, 11) is 0. The monoisotopic (exact) mass is 602 g/mol. The lowest BCUT2D eigenvalue weighted by Crippen LogP contribution is -2.48. The van der Waals surface area contributed by atoms with Gasteiger partial charge in [-0.2, -0.15) is 13.2 Å². The van der Waals surface area contributed by atoms with E-state index in [0.717, 1.165) is 17.7 Å². The fourth-order valence-corrected chi connectivity index (χ4v) is 4.82. The topological polar surface area (TPSA) is 94.9 Å². The second kappa shape index (κ2) is 12.6. The highest BCUT2D eigenvalue weighted by atomic mass is 19.4. The number of piperazine rings is 1. The number of nitrogens with zero attached hydrogens (tertiary/aromatic N) is 2. The molecule has 230 valence electrons. The van der Waals surface area contributed by atoms with Crippen LogP contribution in [0.15, 0.2) is 52.9 Å². The molecule has 1 fully saturated rings. The van der Waals surface area contributed by atoms with Crippen LogP contribution in [0.4, 0.5) is 33.7 Å². The number of rotatable bonds is 7. The van der Waals surface area contributed by atoms with Gasteiger partial charge < -0.3 is 20.0 Å². The van der Waals surface area contributed by atoms with Crippen LogP contribution in [0.2, 0.25) is 0 Å². The molecule has 43 heavy (non-hydrogen) atoms. The van der Waals surface area contributed by atoms with E-state index in [0.29, 0.717) is 44.7 Å². The van der Waals surface area contributed by atoms with Gasteiger partial charge >= 0.3 is 12.2 Å². The zero-order valence-electron chi connectivity index (χ0n) is 24.4. The lowest BCUT2D eigenvalue weighted by Gasteiger charge is -2.35.